The molecule has 1 atom stereocenters. The second kappa shape index (κ2) is 5.67. The predicted octanol–water partition coefficient (Wildman–Crippen LogP) is 2.19. The van der Waals surface area contributed by atoms with E-state index in [4.69, 9.17) is 0 Å². The monoisotopic (exact) mass is 238 g/mol. The van der Waals surface area contributed by atoms with Gasteiger partial charge in [0.05, 0.1) is 0 Å². The number of rotatable bonds is 4. The fourth-order valence-electron chi connectivity index (χ4n) is 2.04. The summed E-state index contributed by atoms with van der Waals surface area (Å²) in [5, 5.41) is 3.45. The molecule has 1 amide bonds. The van der Waals surface area contributed by atoms with E-state index in [1.807, 2.05) is 11.8 Å². The zero-order valence-corrected chi connectivity index (χ0v) is 11.8. The molecule has 0 saturated carbocycles. The summed E-state index contributed by atoms with van der Waals surface area (Å²) in [6.45, 7) is 13.3. The summed E-state index contributed by atoms with van der Waals surface area (Å²) >= 11 is 0. The van der Waals surface area contributed by atoms with Gasteiger partial charge in [-0.2, -0.15) is 0 Å². The smallest absolute Gasteiger partial charge is 0.224 e. The largest absolute Gasteiger partial charge is 0.341 e. The third-order valence-corrected chi connectivity index (χ3v) is 3.04. The highest BCUT2D eigenvalue weighted by Gasteiger charge is 2.31. The van der Waals surface area contributed by atoms with Crippen LogP contribution in [0.25, 0.3) is 0 Å². The van der Waals surface area contributed by atoms with Crippen LogP contribution in [0, 0.1) is 5.41 Å². The minimum absolute atomic E-state index is 0.184. The van der Waals surface area contributed by atoms with Gasteiger partial charge in [-0.05, 0) is 19.3 Å². The van der Waals surface area contributed by atoms with Crippen LogP contribution in [-0.4, -0.2) is 36.5 Å². The van der Waals surface area contributed by atoms with Gasteiger partial charge in [-0.15, -0.1) is 0 Å². The van der Waals surface area contributed by atoms with Crippen LogP contribution in [0.15, 0.2) is 11.6 Å². The molecular weight excluding hydrogens is 212 g/mol. The van der Waals surface area contributed by atoms with Gasteiger partial charge in [0.15, 0.2) is 0 Å². The number of nitrogens with zero attached hydrogens (tertiary/aromatic N) is 1. The van der Waals surface area contributed by atoms with E-state index >= 15 is 0 Å². The summed E-state index contributed by atoms with van der Waals surface area (Å²) in [6.07, 6.45) is 2.75. The van der Waals surface area contributed by atoms with Crippen LogP contribution >= 0.6 is 0 Å². The SMILES string of the molecule is C/C=C(\C)CN[C@H]1CC(=O)N(CC(C)(C)C)C1. The quantitative estimate of drug-likeness (QED) is 0.761. The predicted molar refractivity (Wildman–Crippen MR) is 71.9 cm³/mol. The molecule has 0 aromatic rings. The maximum atomic E-state index is 11.8. The molecule has 98 valence electrons. The summed E-state index contributed by atoms with van der Waals surface area (Å²) in [6, 6.07) is 0.319. The molecule has 0 aromatic heterocycles. The molecule has 1 aliphatic rings. The molecule has 1 N–H and O–H groups in total. The highest BCUT2D eigenvalue weighted by Crippen LogP contribution is 2.20. The second-order valence-electron chi connectivity index (χ2n) is 6.25. The Morgan fingerprint density at radius 2 is 2.18 bits per heavy atom. The van der Waals surface area contributed by atoms with E-state index in [0.717, 1.165) is 19.6 Å². The van der Waals surface area contributed by atoms with Crippen LogP contribution < -0.4 is 5.32 Å². The fraction of sp³-hybridized carbons (Fsp3) is 0.786. The van der Waals surface area contributed by atoms with Gasteiger partial charge in [0.2, 0.25) is 5.91 Å². The van der Waals surface area contributed by atoms with E-state index in [1.54, 1.807) is 0 Å². The molecule has 0 spiro atoms. The highest BCUT2D eigenvalue weighted by atomic mass is 16.2. The van der Waals surface area contributed by atoms with Crippen molar-refractivity contribution in [3.63, 3.8) is 0 Å². The van der Waals surface area contributed by atoms with Gasteiger partial charge in [0.25, 0.3) is 0 Å². The Bertz CT molecular complexity index is 302. The Hall–Kier alpha value is -0.830. The molecule has 0 unspecified atom stereocenters. The molecule has 0 bridgehead atoms. The number of likely N-dealkylation sites (tertiary alicyclic amines) is 1. The Balaban J connectivity index is 2.41. The second-order valence-corrected chi connectivity index (χ2v) is 6.25. The van der Waals surface area contributed by atoms with Gasteiger partial charge in [-0.1, -0.05) is 32.4 Å². The number of allylic oxidation sites excluding steroid dienone is 1. The summed E-state index contributed by atoms with van der Waals surface area (Å²) in [5.41, 5.74) is 1.51. The van der Waals surface area contributed by atoms with Gasteiger partial charge in [0.1, 0.15) is 0 Å². The van der Waals surface area contributed by atoms with Crippen molar-refractivity contribution in [3.05, 3.63) is 11.6 Å². The van der Waals surface area contributed by atoms with Crippen molar-refractivity contribution in [3.8, 4) is 0 Å². The maximum Gasteiger partial charge on any atom is 0.224 e. The minimum atomic E-state index is 0.184. The van der Waals surface area contributed by atoms with Crippen molar-refractivity contribution in [2.45, 2.75) is 47.1 Å². The standard InChI is InChI=1S/C14H26N2O/c1-6-11(2)8-15-12-7-13(17)16(9-12)10-14(3,4)5/h6,12,15H,7-10H2,1-5H3/b11-6+/t12-/m0/s1. The van der Waals surface area contributed by atoms with Gasteiger partial charge < -0.3 is 10.2 Å². The average molecular weight is 238 g/mol. The molecular formula is C14H26N2O. The van der Waals surface area contributed by atoms with Crippen molar-refractivity contribution in [1.29, 1.82) is 0 Å². The Kier molecular flexibility index (Phi) is 4.75. The number of nitrogens with one attached hydrogen (secondary N) is 1. The number of carbonyl (C=O) groups is 1. The third-order valence-electron chi connectivity index (χ3n) is 3.04. The average Bonchev–Trinajstić information content (AvgIpc) is 2.53. The van der Waals surface area contributed by atoms with Crippen molar-refractivity contribution in [2.24, 2.45) is 5.41 Å². The fourth-order valence-corrected chi connectivity index (χ4v) is 2.04. The lowest BCUT2D eigenvalue weighted by Crippen LogP contribution is -2.37. The zero-order chi connectivity index (χ0) is 13.1. The van der Waals surface area contributed by atoms with Gasteiger partial charge in [-0.25, -0.2) is 0 Å². The van der Waals surface area contributed by atoms with E-state index in [9.17, 15) is 4.79 Å². The van der Waals surface area contributed by atoms with Gasteiger partial charge in [-0.3, -0.25) is 4.79 Å². The molecule has 1 aliphatic heterocycles. The van der Waals surface area contributed by atoms with E-state index in [1.165, 1.54) is 5.57 Å². The number of amides is 1. The molecule has 1 heterocycles. The Morgan fingerprint density at radius 3 is 2.71 bits per heavy atom. The van der Waals surface area contributed by atoms with Crippen molar-refractivity contribution < 1.29 is 4.79 Å². The summed E-state index contributed by atoms with van der Waals surface area (Å²) in [5.74, 6) is 0.288. The Labute approximate surface area is 105 Å². The minimum Gasteiger partial charge on any atom is -0.341 e. The lowest BCUT2D eigenvalue weighted by molar-refractivity contribution is -0.128. The normalized spacial score (nSPS) is 22.4. The Morgan fingerprint density at radius 1 is 1.53 bits per heavy atom. The first-order valence-electron chi connectivity index (χ1n) is 6.45. The molecule has 0 aliphatic carbocycles. The van der Waals surface area contributed by atoms with Crippen LogP contribution in [0.3, 0.4) is 0 Å². The third kappa shape index (κ3) is 4.90. The molecule has 0 radical (unpaired) electrons. The first-order valence-corrected chi connectivity index (χ1v) is 6.45. The van der Waals surface area contributed by atoms with Crippen molar-refractivity contribution >= 4 is 5.91 Å². The number of hydrogen-bond donors (Lipinski definition) is 1. The van der Waals surface area contributed by atoms with Crippen LogP contribution in [0.2, 0.25) is 0 Å². The van der Waals surface area contributed by atoms with Crippen molar-refractivity contribution in [2.75, 3.05) is 19.6 Å². The van der Waals surface area contributed by atoms with E-state index in [-0.39, 0.29) is 11.3 Å². The molecule has 1 fully saturated rings. The first kappa shape index (κ1) is 14.2. The number of carbonyl (C=O) groups excluding carboxylic acids is 1. The van der Waals surface area contributed by atoms with E-state index in [0.29, 0.717) is 12.5 Å². The highest BCUT2D eigenvalue weighted by molar-refractivity contribution is 5.79. The molecule has 1 rings (SSSR count). The number of hydrogen-bond acceptors (Lipinski definition) is 2. The first-order chi connectivity index (χ1) is 7.81. The summed E-state index contributed by atoms with van der Waals surface area (Å²) < 4.78 is 0. The molecule has 1 saturated heterocycles. The van der Waals surface area contributed by atoms with Crippen molar-refractivity contribution in [1.82, 2.24) is 10.2 Å². The topological polar surface area (TPSA) is 32.3 Å². The lowest BCUT2D eigenvalue weighted by Gasteiger charge is -2.26. The zero-order valence-electron chi connectivity index (χ0n) is 11.8. The van der Waals surface area contributed by atoms with Gasteiger partial charge in [0, 0.05) is 32.1 Å². The van der Waals surface area contributed by atoms with E-state index in [2.05, 4.69) is 39.1 Å². The summed E-state index contributed by atoms with van der Waals surface area (Å²) in [4.78, 5) is 13.8. The van der Waals surface area contributed by atoms with Crippen LogP contribution in [0.1, 0.15) is 41.0 Å². The van der Waals surface area contributed by atoms with E-state index < -0.39 is 0 Å². The molecule has 17 heavy (non-hydrogen) atoms. The molecule has 3 heteroatoms. The van der Waals surface area contributed by atoms with Crippen LogP contribution in [0.5, 0.6) is 0 Å². The van der Waals surface area contributed by atoms with Crippen LogP contribution in [0.4, 0.5) is 0 Å². The van der Waals surface area contributed by atoms with Crippen LogP contribution in [-0.2, 0) is 4.79 Å². The molecule has 0 aromatic carbocycles. The van der Waals surface area contributed by atoms with Gasteiger partial charge >= 0.3 is 0 Å². The summed E-state index contributed by atoms with van der Waals surface area (Å²) in [7, 11) is 0. The molecule has 3 nitrogen and oxygen atoms in total. The lowest BCUT2D eigenvalue weighted by atomic mass is 9.96. The maximum absolute atomic E-state index is 11.8.